The van der Waals surface area contributed by atoms with Gasteiger partial charge in [-0.3, -0.25) is 9.10 Å². The predicted molar refractivity (Wildman–Crippen MR) is 98.5 cm³/mol. The summed E-state index contributed by atoms with van der Waals surface area (Å²) in [5, 5.41) is 11.7. The van der Waals surface area contributed by atoms with E-state index in [1.165, 1.54) is 10.4 Å². The summed E-state index contributed by atoms with van der Waals surface area (Å²) >= 11 is 0. The van der Waals surface area contributed by atoms with Crippen LogP contribution in [0.4, 0.5) is 5.69 Å². The highest BCUT2D eigenvalue weighted by Crippen LogP contribution is 2.34. The topological polar surface area (TPSA) is 117 Å². The van der Waals surface area contributed by atoms with Gasteiger partial charge in [-0.2, -0.15) is 0 Å². The van der Waals surface area contributed by atoms with Crippen LogP contribution >= 0.6 is 0 Å². The minimum Gasteiger partial charge on any atom is -0.478 e. The first kappa shape index (κ1) is 19.0. The predicted octanol–water partition coefficient (Wildman–Crippen LogP) is 1.93. The number of nitrogens with zero attached hydrogens (tertiary/aromatic N) is 1. The Hall–Kier alpha value is -2.81. The van der Waals surface area contributed by atoms with Crippen LogP contribution in [0.5, 0.6) is 0 Å². The summed E-state index contributed by atoms with van der Waals surface area (Å²) in [7, 11) is -3.38. The number of anilines is 1. The van der Waals surface area contributed by atoms with Crippen molar-refractivity contribution >= 4 is 27.6 Å². The van der Waals surface area contributed by atoms with Gasteiger partial charge in [0.1, 0.15) is 17.1 Å². The molecule has 2 N–H and O–H groups in total. The van der Waals surface area contributed by atoms with Gasteiger partial charge in [-0.15, -0.1) is 0 Å². The molecule has 0 fully saturated rings. The maximum absolute atomic E-state index is 12.4. The number of nitrogens with one attached hydrogen (secondary N) is 1. The SMILES string of the molecule is Cc1oc(CNC(=O)c2ccc3c(c2)C[C@@H](C)N3S(C)(=O)=O)cc1C(=O)O. The number of carbonyl (C=O) groups excluding carboxylic acids is 1. The van der Waals surface area contributed by atoms with Crippen molar-refractivity contribution in [2.75, 3.05) is 10.6 Å². The van der Waals surface area contributed by atoms with Gasteiger partial charge in [-0.05, 0) is 50.1 Å². The molecule has 1 amide bonds. The number of aromatic carboxylic acids is 1. The number of sulfonamides is 1. The molecule has 0 spiro atoms. The van der Waals surface area contributed by atoms with E-state index >= 15 is 0 Å². The summed E-state index contributed by atoms with van der Waals surface area (Å²) in [6, 6.07) is 6.07. The van der Waals surface area contributed by atoms with E-state index < -0.39 is 16.0 Å². The van der Waals surface area contributed by atoms with Crippen molar-refractivity contribution in [1.82, 2.24) is 5.32 Å². The number of hydrogen-bond acceptors (Lipinski definition) is 5. The molecule has 0 aliphatic carbocycles. The number of aryl methyl sites for hydroxylation is 1. The minimum absolute atomic E-state index is 0.0515. The molecule has 0 unspecified atom stereocenters. The van der Waals surface area contributed by atoms with Crippen molar-refractivity contribution in [3.63, 3.8) is 0 Å². The second-order valence-corrected chi connectivity index (χ2v) is 8.49. The van der Waals surface area contributed by atoms with Crippen LogP contribution < -0.4 is 9.62 Å². The van der Waals surface area contributed by atoms with Gasteiger partial charge in [0.2, 0.25) is 10.0 Å². The molecule has 1 aromatic carbocycles. The third kappa shape index (κ3) is 3.68. The monoisotopic (exact) mass is 392 g/mol. The first-order valence-electron chi connectivity index (χ1n) is 8.31. The fourth-order valence-corrected chi connectivity index (χ4v) is 4.63. The van der Waals surface area contributed by atoms with Crippen molar-refractivity contribution < 1.29 is 27.5 Å². The van der Waals surface area contributed by atoms with Gasteiger partial charge in [0.25, 0.3) is 5.91 Å². The van der Waals surface area contributed by atoms with E-state index in [0.717, 1.165) is 11.8 Å². The van der Waals surface area contributed by atoms with E-state index in [2.05, 4.69) is 5.32 Å². The fourth-order valence-electron chi connectivity index (χ4n) is 3.36. The molecule has 1 aromatic heterocycles. The summed E-state index contributed by atoms with van der Waals surface area (Å²) in [5.41, 5.74) is 1.85. The van der Waals surface area contributed by atoms with E-state index in [0.29, 0.717) is 23.4 Å². The highest BCUT2D eigenvalue weighted by Gasteiger charge is 2.32. The van der Waals surface area contributed by atoms with Crippen molar-refractivity contribution in [2.24, 2.45) is 0 Å². The molecule has 144 valence electrons. The summed E-state index contributed by atoms with van der Waals surface area (Å²) in [6.45, 7) is 3.42. The number of benzene rings is 1. The van der Waals surface area contributed by atoms with E-state index in [9.17, 15) is 18.0 Å². The standard InChI is InChI=1S/C18H20N2O6S/c1-10-6-13-7-12(4-5-16(13)20(10)27(3,24)25)17(21)19-9-14-8-15(18(22)23)11(2)26-14/h4-5,7-8,10H,6,9H2,1-3H3,(H,19,21)(H,22,23)/t10-/m1/s1. The lowest BCUT2D eigenvalue weighted by molar-refractivity contribution is 0.0694. The Morgan fingerprint density at radius 3 is 2.63 bits per heavy atom. The lowest BCUT2D eigenvalue weighted by atomic mass is 10.1. The molecular formula is C18H20N2O6S. The van der Waals surface area contributed by atoms with Gasteiger partial charge in [0.15, 0.2) is 0 Å². The summed E-state index contributed by atoms with van der Waals surface area (Å²) in [6.07, 6.45) is 1.69. The molecule has 2 heterocycles. The first-order chi connectivity index (χ1) is 12.6. The molecule has 1 atom stereocenters. The Bertz CT molecular complexity index is 1020. The Morgan fingerprint density at radius 1 is 1.33 bits per heavy atom. The zero-order valence-corrected chi connectivity index (χ0v) is 16.0. The quantitative estimate of drug-likeness (QED) is 0.803. The molecule has 3 rings (SSSR count). The number of carbonyl (C=O) groups is 2. The van der Waals surface area contributed by atoms with Crippen LogP contribution in [-0.2, 0) is 23.0 Å². The van der Waals surface area contributed by atoms with Crippen molar-refractivity contribution in [1.29, 1.82) is 0 Å². The summed E-state index contributed by atoms with van der Waals surface area (Å²) in [5.74, 6) is -0.818. The fraction of sp³-hybridized carbons (Fsp3) is 0.333. The molecule has 8 nitrogen and oxygen atoms in total. The number of amides is 1. The third-order valence-corrected chi connectivity index (χ3v) is 5.75. The average Bonchev–Trinajstić information content (AvgIpc) is 3.10. The average molecular weight is 392 g/mol. The molecule has 0 saturated heterocycles. The maximum Gasteiger partial charge on any atom is 0.339 e. The third-order valence-electron chi connectivity index (χ3n) is 4.47. The van der Waals surface area contributed by atoms with Crippen LogP contribution in [0.15, 0.2) is 28.7 Å². The number of carboxylic acid groups (broad SMARTS) is 1. The van der Waals surface area contributed by atoms with Crippen LogP contribution in [0, 0.1) is 6.92 Å². The van der Waals surface area contributed by atoms with Crippen LogP contribution in [0.25, 0.3) is 0 Å². The van der Waals surface area contributed by atoms with Crippen molar-refractivity contribution in [2.45, 2.75) is 32.9 Å². The van der Waals surface area contributed by atoms with Gasteiger partial charge in [0.05, 0.1) is 18.5 Å². The molecule has 1 aliphatic rings. The highest BCUT2D eigenvalue weighted by atomic mass is 32.2. The number of hydrogen-bond donors (Lipinski definition) is 2. The van der Waals surface area contributed by atoms with Crippen molar-refractivity contribution in [3.05, 3.63) is 52.5 Å². The minimum atomic E-state index is -3.38. The van der Waals surface area contributed by atoms with Gasteiger partial charge in [-0.1, -0.05) is 0 Å². The Balaban J connectivity index is 1.75. The number of furan rings is 1. The largest absolute Gasteiger partial charge is 0.478 e. The maximum atomic E-state index is 12.4. The molecule has 0 bridgehead atoms. The zero-order chi connectivity index (χ0) is 19.9. The lowest BCUT2D eigenvalue weighted by Crippen LogP contribution is -2.34. The molecule has 0 radical (unpaired) electrons. The molecule has 0 saturated carbocycles. The molecule has 2 aromatic rings. The van der Waals surface area contributed by atoms with Gasteiger partial charge in [-0.25, -0.2) is 13.2 Å². The van der Waals surface area contributed by atoms with Gasteiger partial charge >= 0.3 is 5.97 Å². The smallest absolute Gasteiger partial charge is 0.339 e. The Morgan fingerprint density at radius 2 is 2.04 bits per heavy atom. The normalized spacial score (nSPS) is 16.3. The van der Waals surface area contributed by atoms with Crippen LogP contribution in [0.3, 0.4) is 0 Å². The molecule has 1 aliphatic heterocycles. The first-order valence-corrected chi connectivity index (χ1v) is 10.2. The highest BCUT2D eigenvalue weighted by molar-refractivity contribution is 7.92. The molecule has 9 heteroatoms. The van der Waals surface area contributed by atoms with E-state index in [4.69, 9.17) is 9.52 Å². The second kappa shape index (κ2) is 6.73. The molecule has 27 heavy (non-hydrogen) atoms. The number of rotatable bonds is 5. The van der Waals surface area contributed by atoms with Crippen molar-refractivity contribution in [3.8, 4) is 0 Å². The van der Waals surface area contributed by atoms with E-state index in [1.54, 1.807) is 25.1 Å². The molecular weight excluding hydrogens is 372 g/mol. The zero-order valence-electron chi connectivity index (χ0n) is 15.1. The van der Waals surface area contributed by atoms with Crippen LogP contribution in [0.1, 0.15) is 44.7 Å². The van der Waals surface area contributed by atoms with Gasteiger partial charge < -0.3 is 14.8 Å². The summed E-state index contributed by atoms with van der Waals surface area (Å²) < 4.78 is 30.6. The van der Waals surface area contributed by atoms with Crippen LogP contribution in [-0.4, -0.2) is 37.7 Å². The second-order valence-electron chi connectivity index (χ2n) is 6.63. The number of fused-ring (bicyclic) bond motifs is 1. The summed E-state index contributed by atoms with van der Waals surface area (Å²) in [4.78, 5) is 23.4. The van der Waals surface area contributed by atoms with Crippen LogP contribution in [0.2, 0.25) is 0 Å². The Labute approximate surface area is 156 Å². The van der Waals surface area contributed by atoms with E-state index in [-0.39, 0.29) is 29.8 Å². The Kier molecular flexibility index (Phi) is 4.73. The number of carboxylic acids is 1. The lowest BCUT2D eigenvalue weighted by Gasteiger charge is -2.21. The van der Waals surface area contributed by atoms with Gasteiger partial charge in [0, 0.05) is 11.6 Å². The van der Waals surface area contributed by atoms with E-state index in [1.807, 2.05) is 6.92 Å².